The average molecular weight is 384 g/mol. The van der Waals surface area contributed by atoms with Crippen LogP contribution in [0.3, 0.4) is 0 Å². The lowest BCUT2D eigenvalue weighted by Gasteiger charge is -2.28. The summed E-state index contributed by atoms with van der Waals surface area (Å²) in [7, 11) is 0. The van der Waals surface area contributed by atoms with Gasteiger partial charge in [0.05, 0.1) is 18.2 Å². The molecule has 1 heterocycles. The Bertz CT molecular complexity index is 960. The fourth-order valence-electron chi connectivity index (χ4n) is 3.88. The Balaban J connectivity index is 1.64. The monoisotopic (exact) mass is 384 g/mol. The molecule has 4 nitrogen and oxygen atoms in total. The van der Waals surface area contributed by atoms with Crippen LogP contribution in [-0.4, -0.2) is 22.8 Å². The van der Waals surface area contributed by atoms with Crippen molar-refractivity contribution in [3.63, 3.8) is 0 Å². The van der Waals surface area contributed by atoms with Crippen LogP contribution in [-0.2, 0) is 22.7 Å². The maximum atomic E-state index is 13.4. The highest BCUT2D eigenvalue weighted by molar-refractivity contribution is 6.22. The number of benzene rings is 3. The Morgan fingerprint density at radius 3 is 1.86 bits per heavy atom. The van der Waals surface area contributed by atoms with E-state index in [0.717, 1.165) is 16.7 Å². The molecular formula is C25H24N2O2. The minimum Gasteiger partial charge on any atom is -0.283 e. The first-order valence-corrected chi connectivity index (χ1v) is 9.88. The highest BCUT2D eigenvalue weighted by Crippen LogP contribution is 2.29. The summed E-state index contributed by atoms with van der Waals surface area (Å²) in [6, 6.07) is 27.2. The Morgan fingerprint density at radius 2 is 1.31 bits per heavy atom. The third kappa shape index (κ3) is 4.13. The molecule has 0 bridgehead atoms. The highest BCUT2D eigenvalue weighted by Gasteiger charge is 2.43. The SMILES string of the molecule is Cc1ccccc1N1C(=O)CC(N(Cc2ccccc2)Cc2ccccc2)C1=O. The molecule has 1 unspecified atom stereocenters. The molecule has 1 fully saturated rings. The smallest absolute Gasteiger partial charge is 0.251 e. The van der Waals surface area contributed by atoms with Gasteiger partial charge in [-0.3, -0.25) is 14.5 Å². The number of aryl methyl sites for hydroxylation is 1. The van der Waals surface area contributed by atoms with Gasteiger partial charge < -0.3 is 0 Å². The molecule has 4 rings (SSSR count). The maximum absolute atomic E-state index is 13.4. The number of imide groups is 1. The van der Waals surface area contributed by atoms with Gasteiger partial charge in [0.25, 0.3) is 5.91 Å². The Kier molecular flexibility index (Phi) is 5.54. The second-order valence-electron chi connectivity index (χ2n) is 7.45. The number of anilines is 1. The number of amides is 2. The van der Waals surface area contributed by atoms with Crippen LogP contribution in [0.2, 0.25) is 0 Å². The molecule has 1 aliphatic rings. The predicted octanol–water partition coefficient (Wildman–Crippen LogP) is 4.33. The Labute approximate surface area is 171 Å². The lowest BCUT2D eigenvalue weighted by Crippen LogP contribution is -2.41. The van der Waals surface area contributed by atoms with Crippen molar-refractivity contribution in [2.24, 2.45) is 0 Å². The van der Waals surface area contributed by atoms with Gasteiger partial charge in [0.2, 0.25) is 5.91 Å². The molecule has 0 aromatic heterocycles. The minimum atomic E-state index is -0.470. The van der Waals surface area contributed by atoms with Gasteiger partial charge in [0.1, 0.15) is 0 Å². The lowest BCUT2D eigenvalue weighted by atomic mass is 10.1. The van der Waals surface area contributed by atoms with Crippen LogP contribution in [0, 0.1) is 6.92 Å². The van der Waals surface area contributed by atoms with Gasteiger partial charge >= 0.3 is 0 Å². The first-order chi connectivity index (χ1) is 14.1. The number of hydrogen-bond acceptors (Lipinski definition) is 3. The van der Waals surface area contributed by atoms with E-state index in [1.54, 1.807) is 0 Å². The average Bonchev–Trinajstić information content (AvgIpc) is 3.03. The van der Waals surface area contributed by atoms with Crippen molar-refractivity contribution in [2.45, 2.75) is 32.5 Å². The number of nitrogens with zero attached hydrogens (tertiary/aromatic N) is 2. The van der Waals surface area contributed by atoms with E-state index in [-0.39, 0.29) is 18.2 Å². The lowest BCUT2D eigenvalue weighted by molar-refractivity contribution is -0.123. The van der Waals surface area contributed by atoms with E-state index >= 15 is 0 Å². The molecule has 3 aromatic rings. The molecule has 2 amide bonds. The molecule has 1 aliphatic heterocycles. The number of hydrogen-bond donors (Lipinski definition) is 0. The topological polar surface area (TPSA) is 40.6 Å². The second kappa shape index (κ2) is 8.41. The predicted molar refractivity (Wildman–Crippen MR) is 114 cm³/mol. The zero-order valence-electron chi connectivity index (χ0n) is 16.5. The Hall–Kier alpha value is -3.24. The third-order valence-corrected chi connectivity index (χ3v) is 5.38. The van der Waals surface area contributed by atoms with Crippen LogP contribution in [0.1, 0.15) is 23.1 Å². The first-order valence-electron chi connectivity index (χ1n) is 9.88. The summed E-state index contributed by atoms with van der Waals surface area (Å²) < 4.78 is 0. The van der Waals surface area contributed by atoms with E-state index in [9.17, 15) is 9.59 Å². The molecular weight excluding hydrogens is 360 g/mol. The van der Waals surface area contributed by atoms with Crippen molar-refractivity contribution in [3.05, 3.63) is 102 Å². The van der Waals surface area contributed by atoms with Crippen LogP contribution >= 0.6 is 0 Å². The van der Waals surface area contributed by atoms with E-state index in [4.69, 9.17) is 0 Å². The normalized spacial score (nSPS) is 16.6. The zero-order valence-corrected chi connectivity index (χ0v) is 16.5. The minimum absolute atomic E-state index is 0.138. The number of rotatable bonds is 6. The number of para-hydroxylation sites is 1. The van der Waals surface area contributed by atoms with Crippen LogP contribution in [0.25, 0.3) is 0 Å². The van der Waals surface area contributed by atoms with Gasteiger partial charge in [0.15, 0.2) is 0 Å². The molecule has 0 spiro atoms. The van der Waals surface area contributed by atoms with Crippen molar-refractivity contribution < 1.29 is 9.59 Å². The van der Waals surface area contributed by atoms with Gasteiger partial charge in [0, 0.05) is 13.1 Å². The van der Waals surface area contributed by atoms with E-state index < -0.39 is 6.04 Å². The van der Waals surface area contributed by atoms with Crippen LogP contribution in [0.5, 0.6) is 0 Å². The summed E-state index contributed by atoms with van der Waals surface area (Å²) in [6.07, 6.45) is 0.201. The summed E-state index contributed by atoms with van der Waals surface area (Å²) in [5.74, 6) is -0.281. The Morgan fingerprint density at radius 1 is 0.793 bits per heavy atom. The summed E-state index contributed by atoms with van der Waals surface area (Å²) in [6.45, 7) is 3.15. The van der Waals surface area contributed by atoms with Crippen molar-refractivity contribution in [1.29, 1.82) is 0 Å². The van der Waals surface area contributed by atoms with E-state index in [0.29, 0.717) is 18.8 Å². The van der Waals surface area contributed by atoms with Gasteiger partial charge in [-0.05, 0) is 29.7 Å². The van der Waals surface area contributed by atoms with Crippen molar-refractivity contribution in [2.75, 3.05) is 4.90 Å². The van der Waals surface area contributed by atoms with Crippen LogP contribution in [0.4, 0.5) is 5.69 Å². The van der Waals surface area contributed by atoms with Gasteiger partial charge in [-0.25, -0.2) is 4.90 Å². The molecule has 3 aromatic carbocycles. The molecule has 146 valence electrons. The molecule has 29 heavy (non-hydrogen) atoms. The molecule has 0 aliphatic carbocycles. The van der Waals surface area contributed by atoms with Crippen LogP contribution in [0.15, 0.2) is 84.9 Å². The van der Waals surface area contributed by atoms with E-state index in [1.165, 1.54) is 4.90 Å². The van der Waals surface area contributed by atoms with Crippen molar-refractivity contribution in [3.8, 4) is 0 Å². The standard InChI is InChI=1S/C25H24N2O2/c1-19-10-8-9-15-22(19)27-24(28)16-23(25(27)29)26(17-20-11-4-2-5-12-20)18-21-13-6-3-7-14-21/h2-15,23H,16-18H2,1H3. The quantitative estimate of drug-likeness (QED) is 0.594. The maximum Gasteiger partial charge on any atom is 0.251 e. The number of carbonyl (C=O) groups excluding carboxylic acids is 2. The molecule has 0 radical (unpaired) electrons. The largest absolute Gasteiger partial charge is 0.283 e. The van der Waals surface area contributed by atoms with E-state index in [2.05, 4.69) is 29.2 Å². The zero-order chi connectivity index (χ0) is 20.2. The molecule has 1 saturated heterocycles. The van der Waals surface area contributed by atoms with E-state index in [1.807, 2.05) is 67.6 Å². The van der Waals surface area contributed by atoms with Crippen molar-refractivity contribution in [1.82, 2.24) is 4.90 Å². The fourth-order valence-corrected chi connectivity index (χ4v) is 3.88. The highest BCUT2D eigenvalue weighted by atomic mass is 16.2. The molecule has 4 heteroatoms. The van der Waals surface area contributed by atoms with Gasteiger partial charge in [-0.1, -0.05) is 78.9 Å². The summed E-state index contributed by atoms with van der Waals surface area (Å²) in [5, 5.41) is 0. The number of carbonyl (C=O) groups is 2. The summed E-state index contributed by atoms with van der Waals surface area (Å²) >= 11 is 0. The molecule has 0 N–H and O–H groups in total. The van der Waals surface area contributed by atoms with Crippen molar-refractivity contribution >= 4 is 17.5 Å². The van der Waals surface area contributed by atoms with Crippen LogP contribution < -0.4 is 4.90 Å². The molecule has 0 saturated carbocycles. The second-order valence-corrected chi connectivity index (χ2v) is 7.45. The molecule has 1 atom stereocenters. The summed E-state index contributed by atoms with van der Waals surface area (Å²) in [4.78, 5) is 29.7. The fraction of sp³-hybridized carbons (Fsp3) is 0.200. The summed E-state index contributed by atoms with van der Waals surface area (Å²) in [5.41, 5.74) is 3.85. The first kappa shape index (κ1) is 19.1. The van der Waals surface area contributed by atoms with Gasteiger partial charge in [-0.15, -0.1) is 0 Å². The van der Waals surface area contributed by atoms with Gasteiger partial charge in [-0.2, -0.15) is 0 Å². The third-order valence-electron chi connectivity index (χ3n) is 5.38.